The first kappa shape index (κ1) is 18.8. The van der Waals surface area contributed by atoms with Crippen LogP contribution in [0.15, 0.2) is 29.3 Å². The molecule has 0 fully saturated rings. The van der Waals surface area contributed by atoms with E-state index in [0.29, 0.717) is 0 Å². The fraction of sp³-hybridized carbons (Fsp3) is 0.588. The molecular weight excluding hydrogens is 298 g/mol. The highest BCUT2D eigenvalue weighted by atomic mass is 35.5. The summed E-state index contributed by atoms with van der Waals surface area (Å²) in [6.45, 7) is 5.47. The molecule has 1 aromatic rings. The summed E-state index contributed by atoms with van der Waals surface area (Å²) in [5.41, 5.74) is 1.23. The van der Waals surface area contributed by atoms with Crippen LogP contribution in [0.4, 0.5) is 0 Å². The number of nitrogens with zero attached hydrogens (tertiary/aromatic N) is 1. The van der Waals surface area contributed by atoms with Gasteiger partial charge < -0.3 is 15.4 Å². The van der Waals surface area contributed by atoms with Gasteiger partial charge in [-0.3, -0.25) is 4.99 Å². The van der Waals surface area contributed by atoms with Crippen molar-refractivity contribution in [1.82, 2.24) is 10.6 Å². The van der Waals surface area contributed by atoms with Crippen LogP contribution in [0.25, 0.3) is 0 Å². The van der Waals surface area contributed by atoms with Gasteiger partial charge in [-0.1, -0.05) is 23.7 Å². The maximum absolute atomic E-state index is 5.99. The normalized spacial score (nSPS) is 11.5. The lowest BCUT2D eigenvalue weighted by molar-refractivity contribution is 0.192. The molecule has 0 heterocycles. The lowest BCUT2D eigenvalue weighted by Gasteiger charge is -2.11. The van der Waals surface area contributed by atoms with Gasteiger partial charge in [0, 0.05) is 38.4 Å². The quantitative estimate of drug-likeness (QED) is 0.394. The van der Waals surface area contributed by atoms with Crippen molar-refractivity contribution >= 4 is 17.6 Å². The summed E-state index contributed by atoms with van der Waals surface area (Å²) in [6.07, 6.45) is 4.27. The Kier molecular flexibility index (Phi) is 10.5. The molecule has 0 unspecified atom stereocenters. The molecule has 124 valence electrons. The highest BCUT2D eigenvalue weighted by Crippen LogP contribution is 2.10. The van der Waals surface area contributed by atoms with Gasteiger partial charge in [-0.25, -0.2) is 0 Å². The van der Waals surface area contributed by atoms with E-state index in [-0.39, 0.29) is 0 Å². The summed E-state index contributed by atoms with van der Waals surface area (Å²) in [5.74, 6) is 0.885. The van der Waals surface area contributed by atoms with Crippen LogP contribution < -0.4 is 10.6 Å². The number of benzene rings is 1. The lowest BCUT2D eigenvalue weighted by atomic mass is 10.1. The van der Waals surface area contributed by atoms with E-state index in [1.165, 1.54) is 5.56 Å². The number of ether oxygens (including phenoxy) is 1. The van der Waals surface area contributed by atoms with Gasteiger partial charge in [-0.2, -0.15) is 0 Å². The maximum atomic E-state index is 5.99. The Morgan fingerprint density at radius 1 is 1.23 bits per heavy atom. The average Bonchev–Trinajstić information content (AvgIpc) is 2.51. The zero-order valence-corrected chi connectivity index (χ0v) is 14.5. The number of hydrogen-bond donors (Lipinski definition) is 2. The number of nitrogens with one attached hydrogen (secondary N) is 2. The van der Waals surface area contributed by atoms with Gasteiger partial charge in [0.1, 0.15) is 0 Å². The molecule has 0 aliphatic carbocycles. The van der Waals surface area contributed by atoms with Crippen molar-refractivity contribution < 1.29 is 4.74 Å². The molecule has 0 atom stereocenters. The first-order valence-electron chi connectivity index (χ1n) is 8.01. The summed E-state index contributed by atoms with van der Waals surface area (Å²) < 4.78 is 5.04. The third kappa shape index (κ3) is 8.90. The van der Waals surface area contributed by atoms with E-state index in [0.717, 1.165) is 62.9 Å². The zero-order chi connectivity index (χ0) is 16.0. The van der Waals surface area contributed by atoms with Crippen molar-refractivity contribution in [1.29, 1.82) is 0 Å². The number of methoxy groups -OCH3 is 1. The summed E-state index contributed by atoms with van der Waals surface area (Å²) >= 11 is 5.99. The van der Waals surface area contributed by atoms with Gasteiger partial charge >= 0.3 is 0 Å². The van der Waals surface area contributed by atoms with Crippen molar-refractivity contribution in [2.75, 3.05) is 33.4 Å². The Morgan fingerprint density at radius 3 is 2.82 bits per heavy atom. The van der Waals surface area contributed by atoms with Crippen LogP contribution in [0.3, 0.4) is 0 Å². The Labute approximate surface area is 139 Å². The Morgan fingerprint density at radius 2 is 2.09 bits per heavy atom. The molecule has 22 heavy (non-hydrogen) atoms. The van der Waals surface area contributed by atoms with E-state index < -0.39 is 0 Å². The van der Waals surface area contributed by atoms with Crippen LogP contribution in [-0.4, -0.2) is 39.3 Å². The Balaban J connectivity index is 2.27. The Bertz CT molecular complexity index is 438. The van der Waals surface area contributed by atoms with Crippen LogP contribution in [-0.2, 0) is 11.2 Å². The number of halogens is 1. The number of aliphatic imine (C=N–C) groups is 1. The van der Waals surface area contributed by atoms with E-state index in [1.807, 2.05) is 18.2 Å². The SMILES string of the molecule is CCNC(=NCCCCCOC)NCCc1cccc(Cl)c1. The van der Waals surface area contributed by atoms with Gasteiger partial charge in [-0.05, 0) is 50.3 Å². The number of unbranched alkanes of at least 4 members (excludes halogenated alkanes) is 2. The van der Waals surface area contributed by atoms with E-state index >= 15 is 0 Å². The van der Waals surface area contributed by atoms with Crippen molar-refractivity contribution in [3.8, 4) is 0 Å². The number of rotatable bonds is 10. The summed E-state index contributed by atoms with van der Waals surface area (Å²) in [4.78, 5) is 4.59. The first-order chi connectivity index (χ1) is 10.8. The van der Waals surface area contributed by atoms with E-state index in [2.05, 4.69) is 28.6 Å². The van der Waals surface area contributed by atoms with Crippen molar-refractivity contribution in [2.45, 2.75) is 32.6 Å². The minimum atomic E-state index is 0.786. The fourth-order valence-electron chi connectivity index (χ4n) is 2.09. The highest BCUT2D eigenvalue weighted by Gasteiger charge is 1.98. The van der Waals surface area contributed by atoms with Gasteiger partial charge in [0.05, 0.1) is 0 Å². The molecular formula is C17H28ClN3O. The second-order valence-corrected chi connectivity index (χ2v) is 5.56. The minimum Gasteiger partial charge on any atom is -0.385 e. The number of hydrogen-bond acceptors (Lipinski definition) is 2. The average molecular weight is 326 g/mol. The topological polar surface area (TPSA) is 45.7 Å². The third-order valence-corrected chi connectivity index (χ3v) is 3.45. The fourth-order valence-corrected chi connectivity index (χ4v) is 2.30. The van der Waals surface area contributed by atoms with Crippen molar-refractivity contribution in [2.24, 2.45) is 4.99 Å². The molecule has 0 bridgehead atoms. The largest absolute Gasteiger partial charge is 0.385 e. The third-order valence-electron chi connectivity index (χ3n) is 3.22. The van der Waals surface area contributed by atoms with Gasteiger partial charge in [0.25, 0.3) is 0 Å². The molecule has 2 N–H and O–H groups in total. The summed E-state index contributed by atoms with van der Waals surface area (Å²) in [5, 5.41) is 7.42. The second-order valence-electron chi connectivity index (χ2n) is 5.12. The Hall–Kier alpha value is -1.26. The molecule has 0 saturated carbocycles. The molecule has 0 radical (unpaired) electrons. The zero-order valence-electron chi connectivity index (χ0n) is 13.7. The maximum Gasteiger partial charge on any atom is 0.191 e. The van der Waals surface area contributed by atoms with E-state index in [1.54, 1.807) is 7.11 Å². The smallest absolute Gasteiger partial charge is 0.191 e. The predicted molar refractivity (Wildman–Crippen MR) is 94.9 cm³/mol. The molecule has 5 heteroatoms. The monoisotopic (exact) mass is 325 g/mol. The van der Waals surface area contributed by atoms with Crippen LogP contribution in [0.1, 0.15) is 31.7 Å². The van der Waals surface area contributed by atoms with Gasteiger partial charge in [0.15, 0.2) is 5.96 Å². The predicted octanol–water partition coefficient (Wildman–Crippen LogP) is 3.25. The molecule has 0 amide bonds. The molecule has 0 saturated heterocycles. The molecule has 0 aromatic heterocycles. The highest BCUT2D eigenvalue weighted by molar-refractivity contribution is 6.30. The standard InChI is InChI=1S/C17H28ClN3O/c1-3-19-17(20-11-5-4-6-13-22-2)21-12-10-15-8-7-9-16(18)14-15/h7-9,14H,3-6,10-13H2,1-2H3,(H2,19,20,21). The first-order valence-corrected chi connectivity index (χ1v) is 8.39. The molecule has 0 aliphatic rings. The van der Waals surface area contributed by atoms with Crippen molar-refractivity contribution in [3.05, 3.63) is 34.9 Å². The second kappa shape index (κ2) is 12.3. The van der Waals surface area contributed by atoms with Crippen LogP contribution in [0.2, 0.25) is 5.02 Å². The molecule has 1 aromatic carbocycles. The van der Waals surface area contributed by atoms with Gasteiger partial charge in [-0.15, -0.1) is 0 Å². The molecule has 0 spiro atoms. The summed E-state index contributed by atoms with van der Waals surface area (Å²) in [7, 11) is 1.74. The van der Waals surface area contributed by atoms with Crippen LogP contribution >= 0.6 is 11.6 Å². The molecule has 1 rings (SSSR count). The summed E-state index contributed by atoms with van der Waals surface area (Å²) in [6, 6.07) is 7.97. The lowest BCUT2D eigenvalue weighted by Crippen LogP contribution is -2.38. The number of guanidine groups is 1. The van der Waals surface area contributed by atoms with Crippen LogP contribution in [0, 0.1) is 0 Å². The van der Waals surface area contributed by atoms with E-state index in [4.69, 9.17) is 16.3 Å². The van der Waals surface area contributed by atoms with E-state index in [9.17, 15) is 0 Å². The molecule has 0 aliphatic heterocycles. The van der Waals surface area contributed by atoms with Crippen molar-refractivity contribution in [3.63, 3.8) is 0 Å². The van der Waals surface area contributed by atoms with Crippen LogP contribution in [0.5, 0.6) is 0 Å². The molecule has 4 nitrogen and oxygen atoms in total. The van der Waals surface area contributed by atoms with Gasteiger partial charge in [0.2, 0.25) is 0 Å². The minimum absolute atomic E-state index is 0.786.